The number of piperazine rings is 1. The zero-order chi connectivity index (χ0) is 26.0. The summed E-state index contributed by atoms with van der Waals surface area (Å²) in [5, 5.41) is 13.4. The molecule has 3 heterocycles. The Morgan fingerprint density at radius 2 is 1.83 bits per heavy atom. The smallest absolute Gasteiger partial charge is 0.320 e. The van der Waals surface area contributed by atoms with Crippen molar-refractivity contribution in [3.05, 3.63) is 57.7 Å². The molecule has 192 valence electrons. The van der Waals surface area contributed by atoms with Gasteiger partial charge in [0.2, 0.25) is 10.0 Å². The molecule has 3 atom stereocenters. The van der Waals surface area contributed by atoms with Gasteiger partial charge in [-0.2, -0.15) is 9.57 Å². The average molecular weight is 552 g/mol. The molecule has 0 radical (unpaired) electrons. The SMILES string of the molecule is CC(Nc1ccc(C#N)cn1)C1CN(C(=O)N2CCN(S(C)(=O)=O)CC2)C[C@@H]1c1ccc(Cl)c(Cl)c1. The Labute approximate surface area is 221 Å². The van der Waals surface area contributed by atoms with E-state index in [1.807, 2.05) is 24.0 Å². The number of rotatable bonds is 5. The molecule has 9 nitrogen and oxygen atoms in total. The zero-order valence-electron chi connectivity index (χ0n) is 20.1. The van der Waals surface area contributed by atoms with Crippen LogP contribution < -0.4 is 5.32 Å². The molecule has 1 aromatic carbocycles. The number of nitrogens with zero attached hydrogens (tertiary/aromatic N) is 5. The maximum absolute atomic E-state index is 13.4. The number of anilines is 1. The first-order chi connectivity index (χ1) is 17.1. The van der Waals surface area contributed by atoms with Crippen LogP contribution >= 0.6 is 23.2 Å². The largest absolute Gasteiger partial charge is 0.367 e. The lowest BCUT2D eigenvalue weighted by Crippen LogP contribution is -2.53. The number of urea groups is 1. The summed E-state index contributed by atoms with van der Waals surface area (Å²) in [6.45, 7) is 4.36. The second-order valence-electron chi connectivity index (χ2n) is 9.26. The first-order valence-corrected chi connectivity index (χ1v) is 14.2. The second-order valence-corrected chi connectivity index (χ2v) is 12.1. The lowest BCUT2D eigenvalue weighted by Gasteiger charge is -2.35. The van der Waals surface area contributed by atoms with Crippen LogP contribution in [0.2, 0.25) is 10.0 Å². The standard InChI is InChI=1S/C24H28Cl2N6O3S/c1-16(29-23-6-3-17(12-27)13-28-23)19-14-31(15-20(19)18-4-5-21(25)22(26)11-18)24(33)30-7-9-32(10-8-30)36(2,34)35/h3-6,11,13,16,19-20H,7-10,14-15H2,1-2H3,(H,28,29)/t16?,19?,20-/m1/s1. The van der Waals surface area contributed by atoms with Gasteiger partial charge in [0.05, 0.1) is 21.9 Å². The molecule has 1 aromatic heterocycles. The number of hydrogen-bond donors (Lipinski definition) is 1. The number of nitrogens with one attached hydrogen (secondary N) is 1. The van der Waals surface area contributed by atoms with Gasteiger partial charge in [-0.05, 0) is 36.8 Å². The Morgan fingerprint density at radius 1 is 1.11 bits per heavy atom. The number of pyridine rings is 1. The van der Waals surface area contributed by atoms with E-state index < -0.39 is 10.0 Å². The van der Waals surface area contributed by atoms with Crippen molar-refractivity contribution in [1.82, 2.24) is 19.1 Å². The van der Waals surface area contributed by atoms with E-state index in [0.29, 0.717) is 60.7 Å². The number of carbonyl (C=O) groups excluding carboxylic acids is 1. The lowest BCUT2D eigenvalue weighted by atomic mass is 9.84. The van der Waals surface area contributed by atoms with Crippen molar-refractivity contribution < 1.29 is 13.2 Å². The molecule has 2 amide bonds. The minimum atomic E-state index is -3.27. The van der Waals surface area contributed by atoms with Gasteiger partial charge in [0.25, 0.3) is 0 Å². The number of likely N-dealkylation sites (tertiary alicyclic amines) is 1. The minimum absolute atomic E-state index is 0.00177. The van der Waals surface area contributed by atoms with E-state index in [4.69, 9.17) is 28.5 Å². The summed E-state index contributed by atoms with van der Waals surface area (Å²) in [6.07, 6.45) is 2.71. The zero-order valence-corrected chi connectivity index (χ0v) is 22.4. The van der Waals surface area contributed by atoms with E-state index >= 15 is 0 Å². The number of amides is 2. The summed E-state index contributed by atoms with van der Waals surface area (Å²) in [4.78, 5) is 21.3. The van der Waals surface area contributed by atoms with Gasteiger partial charge in [-0.1, -0.05) is 29.3 Å². The van der Waals surface area contributed by atoms with E-state index in [-0.39, 0.29) is 23.9 Å². The van der Waals surface area contributed by atoms with Crippen LogP contribution in [0, 0.1) is 17.2 Å². The lowest BCUT2D eigenvalue weighted by molar-refractivity contribution is 0.140. The molecule has 1 N–H and O–H groups in total. The third-order valence-electron chi connectivity index (χ3n) is 6.90. The second kappa shape index (κ2) is 10.8. The van der Waals surface area contributed by atoms with E-state index in [0.717, 1.165) is 5.56 Å². The quantitative estimate of drug-likeness (QED) is 0.610. The Balaban J connectivity index is 1.52. The van der Waals surface area contributed by atoms with Crippen LogP contribution in [0.25, 0.3) is 0 Å². The summed E-state index contributed by atoms with van der Waals surface area (Å²) in [7, 11) is -3.27. The highest BCUT2D eigenvalue weighted by atomic mass is 35.5. The molecule has 2 fully saturated rings. The van der Waals surface area contributed by atoms with Crippen molar-refractivity contribution in [2.45, 2.75) is 18.9 Å². The van der Waals surface area contributed by atoms with Crippen molar-refractivity contribution in [2.24, 2.45) is 5.92 Å². The third kappa shape index (κ3) is 5.86. The summed E-state index contributed by atoms with van der Waals surface area (Å²) in [5.74, 6) is 0.693. The Hall–Kier alpha value is -2.58. The molecule has 0 bridgehead atoms. The van der Waals surface area contributed by atoms with Crippen molar-refractivity contribution in [3.8, 4) is 6.07 Å². The normalized spacial score (nSPS) is 21.8. The molecule has 2 aromatic rings. The van der Waals surface area contributed by atoms with Crippen molar-refractivity contribution >= 4 is 45.1 Å². The highest BCUT2D eigenvalue weighted by Gasteiger charge is 2.41. The number of hydrogen-bond acceptors (Lipinski definition) is 6. The molecule has 2 saturated heterocycles. The number of carbonyl (C=O) groups is 1. The first kappa shape index (κ1) is 26.5. The maximum Gasteiger partial charge on any atom is 0.320 e. The fourth-order valence-electron chi connectivity index (χ4n) is 4.88. The van der Waals surface area contributed by atoms with Crippen LogP contribution in [-0.2, 0) is 10.0 Å². The van der Waals surface area contributed by atoms with Crippen LogP contribution in [0.15, 0.2) is 36.5 Å². The van der Waals surface area contributed by atoms with E-state index in [2.05, 4.69) is 16.4 Å². The Kier molecular flexibility index (Phi) is 7.95. The number of sulfonamides is 1. The van der Waals surface area contributed by atoms with Gasteiger partial charge in [-0.25, -0.2) is 18.2 Å². The monoisotopic (exact) mass is 550 g/mol. The van der Waals surface area contributed by atoms with Crippen LogP contribution in [-0.4, -0.2) is 85.1 Å². The van der Waals surface area contributed by atoms with Gasteiger partial charge >= 0.3 is 6.03 Å². The Bertz CT molecular complexity index is 1260. The number of aromatic nitrogens is 1. The molecular weight excluding hydrogens is 523 g/mol. The number of benzene rings is 1. The van der Waals surface area contributed by atoms with Crippen molar-refractivity contribution in [3.63, 3.8) is 0 Å². The highest BCUT2D eigenvalue weighted by Crippen LogP contribution is 2.38. The summed E-state index contributed by atoms with van der Waals surface area (Å²) in [6, 6.07) is 11.0. The fraction of sp³-hybridized carbons (Fsp3) is 0.458. The van der Waals surface area contributed by atoms with Gasteiger partial charge in [0, 0.05) is 63.3 Å². The molecule has 4 rings (SSSR count). The van der Waals surface area contributed by atoms with Gasteiger partial charge in [0.1, 0.15) is 11.9 Å². The van der Waals surface area contributed by atoms with Gasteiger partial charge < -0.3 is 15.1 Å². The third-order valence-corrected chi connectivity index (χ3v) is 8.94. The topological polar surface area (TPSA) is 110 Å². The van der Waals surface area contributed by atoms with Gasteiger partial charge in [-0.3, -0.25) is 0 Å². The van der Waals surface area contributed by atoms with Crippen LogP contribution in [0.3, 0.4) is 0 Å². The van der Waals surface area contributed by atoms with E-state index in [9.17, 15) is 13.2 Å². The fourth-order valence-corrected chi connectivity index (χ4v) is 6.02. The molecule has 2 aliphatic heterocycles. The molecule has 2 aliphatic rings. The predicted molar refractivity (Wildman–Crippen MR) is 140 cm³/mol. The number of halogens is 2. The number of nitriles is 1. The molecular formula is C24H28Cl2N6O3S. The van der Waals surface area contributed by atoms with Gasteiger partial charge in [0.15, 0.2) is 0 Å². The molecule has 0 saturated carbocycles. The average Bonchev–Trinajstić information content (AvgIpc) is 3.31. The molecule has 0 aliphatic carbocycles. The predicted octanol–water partition coefficient (Wildman–Crippen LogP) is 3.47. The maximum atomic E-state index is 13.4. The van der Waals surface area contributed by atoms with Crippen molar-refractivity contribution in [1.29, 1.82) is 5.26 Å². The van der Waals surface area contributed by atoms with Crippen LogP contribution in [0.4, 0.5) is 10.6 Å². The van der Waals surface area contributed by atoms with Crippen molar-refractivity contribution in [2.75, 3.05) is 50.8 Å². The van der Waals surface area contributed by atoms with Crippen LogP contribution in [0.1, 0.15) is 24.0 Å². The first-order valence-electron chi connectivity index (χ1n) is 11.6. The molecule has 2 unspecified atom stereocenters. The summed E-state index contributed by atoms with van der Waals surface area (Å²) >= 11 is 12.5. The van der Waals surface area contributed by atoms with Crippen LogP contribution in [0.5, 0.6) is 0 Å². The van der Waals surface area contributed by atoms with E-state index in [1.165, 1.54) is 16.8 Å². The molecule has 36 heavy (non-hydrogen) atoms. The Morgan fingerprint density at radius 3 is 2.42 bits per heavy atom. The van der Waals surface area contributed by atoms with Gasteiger partial charge in [-0.15, -0.1) is 0 Å². The van der Waals surface area contributed by atoms with E-state index in [1.54, 1.807) is 23.1 Å². The molecule has 12 heteroatoms. The molecule has 0 spiro atoms. The minimum Gasteiger partial charge on any atom is -0.367 e. The highest BCUT2D eigenvalue weighted by molar-refractivity contribution is 7.88. The summed E-state index contributed by atoms with van der Waals surface area (Å²) in [5.41, 5.74) is 1.48. The summed E-state index contributed by atoms with van der Waals surface area (Å²) < 4.78 is 25.1.